The lowest BCUT2D eigenvalue weighted by Crippen LogP contribution is -2.50. The molecule has 0 radical (unpaired) electrons. The van der Waals surface area contributed by atoms with Gasteiger partial charge in [-0.3, -0.25) is 0 Å². The summed E-state index contributed by atoms with van der Waals surface area (Å²) in [6.07, 6.45) is 0.466. The number of rotatable bonds is 4. The number of nitrogens with zero attached hydrogens (tertiary/aromatic N) is 2. The first-order chi connectivity index (χ1) is 15.7. The van der Waals surface area contributed by atoms with Crippen LogP contribution in [0, 0.1) is 11.3 Å². The van der Waals surface area contributed by atoms with E-state index in [1.807, 2.05) is 39.0 Å². The predicted molar refractivity (Wildman–Crippen MR) is 130 cm³/mol. The number of carbonyl (C=O) groups excluding carboxylic acids is 1. The van der Waals surface area contributed by atoms with Gasteiger partial charge >= 0.3 is 6.09 Å². The second-order valence-corrected chi connectivity index (χ2v) is 9.71. The highest BCUT2D eigenvalue weighted by Gasteiger charge is 2.39. The Balaban J connectivity index is 1.79. The molecule has 1 aromatic heterocycles. The normalized spacial score (nSPS) is 14.2. The van der Waals surface area contributed by atoms with E-state index in [9.17, 15) is 10.1 Å². The molecule has 3 aromatic rings. The summed E-state index contributed by atoms with van der Waals surface area (Å²) in [5.74, 6) is 0.542. The van der Waals surface area contributed by atoms with Gasteiger partial charge in [-0.05, 0) is 44.9 Å². The van der Waals surface area contributed by atoms with E-state index in [0.717, 1.165) is 34.1 Å². The molecule has 1 saturated heterocycles. The van der Waals surface area contributed by atoms with Gasteiger partial charge in [0.15, 0.2) is 0 Å². The molecule has 1 amide bonds. The third kappa shape index (κ3) is 4.14. The van der Waals surface area contributed by atoms with Crippen LogP contribution in [0.2, 0.25) is 5.02 Å². The summed E-state index contributed by atoms with van der Waals surface area (Å²) in [4.78, 5) is 17.6. The van der Waals surface area contributed by atoms with Crippen LogP contribution < -0.4 is 4.74 Å². The quantitative estimate of drug-likeness (QED) is 0.492. The molecule has 0 aliphatic carbocycles. The van der Waals surface area contributed by atoms with Crippen LogP contribution in [0.15, 0.2) is 30.3 Å². The smallest absolute Gasteiger partial charge is 0.410 e. The van der Waals surface area contributed by atoms with E-state index >= 15 is 0 Å². The Morgan fingerprint density at radius 3 is 2.61 bits per heavy atom. The fraction of sp³-hybridized carbons (Fsp3) is 0.385. The van der Waals surface area contributed by atoms with E-state index in [1.165, 1.54) is 5.56 Å². The number of aryl methyl sites for hydroxylation is 1. The van der Waals surface area contributed by atoms with Crippen molar-refractivity contribution in [3.63, 3.8) is 0 Å². The lowest BCUT2D eigenvalue weighted by Gasteiger charge is -2.41. The number of hydrogen-bond acceptors (Lipinski definition) is 4. The Labute approximate surface area is 199 Å². The van der Waals surface area contributed by atoms with Crippen molar-refractivity contribution in [1.82, 2.24) is 9.88 Å². The molecule has 2 heterocycles. The van der Waals surface area contributed by atoms with Crippen molar-refractivity contribution in [2.45, 2.75) is 45.6 Å². The molecule has 2 aromatic carbocycles. The van der Waals surface area contributed by atoms with Crippen LogP contribution in [0.3, 0.4) is 0 Å². The number of fused-ring (bicyclic) bond motifs is 1. The molecule has 7 heteroatoms. The van der Waals surface area contributed by atoms with Crippen molar-refractivity contribution < 1.29 is 14.3 Å². The van der Waals surface area contributed by atoms with E-state index in [-0.39, 0.29) is 12.0 Å². The maximum absolute atomic E-state index is 12.4. The third-order valence-electron chi connectivity index (χ3n) is 5.96. The second kappa shape index (κ2) is 8.64. The second-order valence-electron chi connectivity index (χ2n) is 9.30. The fourth-order valence-electron chi connectivity index (χ4n) is 4.49. The van der Waals surface area contributed by atoms with Gasteiger partial charge in [0.2, 0.25) is 0 Å². The Morgan fingerprint density at radius 2 is 2.00 bits per heavy atom. The number of carbonyl (C=O) groups is 1. The molecule has 172 valence electrons. The molecule has 4 rings (SSSR count). The van der Waals surface area contributed by atoms with Crippen molar-refractivity contribution in [3.8, 4) is 23.1 Å². The molecular weight excluding hydrogens is 438 g/mol. The summed E-state index contributed by atoms with van der Waals surface area (Å²) in [5.41, 5.74) is 4.52. The summed E-state index contributed by atoms with van der Waals surface area (Å²) in [7, 11) is 1.61. The highest BCUT2D eigenvalue weighted by Crippen LogP contribution is 2.46. The molecule has 0 unspecified atom stereocenters. The lowest BCUT2D eigenvalue weighted by molar-refractivity contribution is 0.00799. The van der Waals surface area contributed by atoms with Crippen LogP contribution in [0.4, 0.5) is 4.79 Å². The van der Waals surface area contributed by atoms with E-state index in [4.69, 9.17) is 21.1 Å². The summed E-state index contributed by atoms with van der Waals surface area (Å²) < 4.78 is 11.4. The van der Waals surface area contributed by atoms with Gasteiger partial charge in [0.1, 0.15) is 17.4 Å². The fourth-order valence-corrected chi connectivity index (χ4v) is 4.75. The zero-order valence-electron chi connectivity index (χ0n) is 19.6. The number of halogens is 1. The highest BCUT2D eigenvalue weighted by molar-refractivity contribution is 6.32. The van der Waals surface area contributed by atoms with Crippen LogP contribution in [-0.2, 0) is 11.2 Å². The van der Waals surface area contributed by atoms with Crippen molar-refractivity contribution >= 4 is 28.6 Å². The average Bonchev–Trinajstić information content (AvgIpc) is 3.09. The van der Waals surface area contributed by atoms with E-state index < -0.39 is 5.60 Å². The molecule has 0 saturated carbocycles. The summed E-state index contributed by atoms with van der Waals surface area (Å²) in [6, 6.07) is 12.2. The van der Waals surface area contributed by atoms with E-state index in [1.54, 1.807) is 18.1 Å². The van der Waals surface area contributed by atoms with Crippen molar-refractivity contribution in [3.05, 3.63) is 52.0 Å². The predicted octanol–water partition coefficient (Wildman–Crippen LogP) is 6.27. The number of H-pyrrole nitrogens is 1. The van der Waals surface area contributed by atoms with E-state index in [2.05, 4.69) is 24.0 Å². The van der Waals surface area contributed by atoms with Crippen molar-refractivity contribution in [2.24, 2.45) is 0 Å². The average molecular weight is 466 g/mol. The Hall–Kier alpha value is -3.17. The number of aromatic amines is 1. The minimum Gasteiger partial charge on any atom is -0.496 e. The monoisotopic (exact) mass is 465 g/mol. The number of methoxy groups -OCH3 is 1. The van der Waals surface area contributed by atoms with Crippen LogP contribution in [0.25, 0.3) is 22.2 Å². The standard InChI is InChI=1S/C26H28ClN3O3/c1-6-16-17-9-7-8-10-21(17)29-23(16)18-11-20(27)19(12-28)22(24(18)32-5)15-13-30(14-15)25(31)33-26(2,3)4/h7-11,15,29H,6,13-14H2,1-5H3. The molecule has 1 aliphatic rings. The zero-order valence-corrected chi connectivity index (χ0v) is 20.3. The maximum atomic E-state index is 12.4. The summed E-state index contributed by atoms with van der Waals surface area (Å²) in [5, 5.41) is 11.4. The van der Waals surface area contributed by atoms with Crippen LogP contribution >= 0.6 is 11.6 Å². The number of ether oxygens (including phenoxy) is 2. The van der Waals surface area contributed by atoms with Crippen LogP contribution in [0.1, 0.15) is 50.3 Å². The third-order valence-corrected chi connectivity index (χ3v) is 6.26. The van der Waals surface area contributed by atoms with Crippen LogP contribution in [0.5, 0.6) is 5.75 Å². The van der Waals surface area contributed by atoms with Crippen molar-refractivity contribution in [1.29, 1.82) is 5.26 Å². The summed E-state index contributed by atoms with van der Waals surface area (Å²) >= 11 is 6.62. The first-order valence-corrected chi connectivity index (χ1v) is 11.4. The summed E-state index contributed by atoms with van der Waals surface area (Å²) in [6.45, 7) is 8.51. The van der Waals surface area contributed by atoms with Gasteiger partial charge in [0.25, 0.3) is 0 Å². The number of nitrogens with one attached hydrogen (secondary N) is 1. The Morgan fingerprint density at radius 1 is 1.30 bits per heavy atom. The Kier molecular flexibility index (Phi) is 6.02. The number of benzene rings is 2. The lowest BCUT2D eigenvalue weighted by atomic mass is 9.85. The maximum Gasteiger partial charge on any atom is 0.410 e. The van der Waals surface area contributed by atoms with Gasteiger partial charge in [-0.15, -0.1) is 0 Å². The number of likely N-dealkylation sites (tertiary alicyclic amines) is 1. The largest absolute Gasteiger partial charge is 0.496 e. The van der Waals surface area contributed by atoms with Gasteiger partial charge in [-0.1, -0.05) is 36.7 Å². The SMILES string of the molecule is CCc1c(-c2cc(Cl)c(C#N)c(C3CN(C(=O)OC(C)(C)C)C3)c2OC)[nH]c2ccccc12. The molecule has 1 N–H and O–H groups in total. The van der Waals surface area contributed by atoms with Gasteiger partial charge in [-0.25, -0.2) is 4.79 Å². The zero-order chi connectivity index (χ0) is 23.9. The number of nitriles is 1. The van der Waals surface area contributed by atoms with Crippen LogP contribution in [-0.4, -0.2) is 41.8 Å². The number of para-hydroxylation sites is 1. The molecular formula is C26H28ClN3O3. The first-order valence-electron chi connectivity index (χ1n) is 11.1. The minimum atomic E-state index is -0.562. The van der Waals surface area contributed by atoms with Gasteiger partial charge in [0.05, 0.1) is 23.4 Å². The van der Waals surface area contributed by atoms with Crippen molar-refractivity contribution in [2.75, 3.05) is 20.2 Å². The van der Waals surface area contributed by atoms with E-state index in [0.29, 0.717) is 29.4 Å². The number of aromatic nitrogens is 1. The number of hydrogen-bond donors (Lipinski definition) is 1. The highest BCUT2D eigenvalue weighted by atomic mass is 35.5. The molecule has 0 atom stereocenters. The molecule has 1 fully saturated rings. The van der Waals surface area contributed by atoms with Gasteiger partial charge in [-0.2, -0.15) is 5.26 Å². The molecule has 0 spiro atoms. The van der Waals surface area contributed by atoms with Gasteiger partial charge < -0.3 is 19.4 Å². The van der Waals surface area contributed by atoms with Gasteiger partial charge in [0, 0.05) is 41.0 Å². The molecule has 6 nitrogen and oxygen atoms in total. The molecule has 33 heavy (non-hydrogen) atoms. The minimum absolute atomic E-state index is 0.0750. The number of amides is 1. The molecule has 1 aliphatic heterocycles. The Bertz CT molecular complexity index is 1260. The first kappa shape index (κ1) is 23.0. The topological polar surface area (TPSA) is 78.3 Å². The molecule has 0 bridgehead atoms.